The van der Waals surface area contributed by atoms with Crippen molar-refractivity contribution in [2.45, 2.75) is 37.1 Å². The summed E-state index contributed by atoms with van der Waals surface area (Å²) < 4.78 is 27.1. The molecule has 2 aromatic heterocycles. The van der Waals surface area contributed by atoms with Gasteiger partial charge in [0.05, 0.1) is 6.04 Å². The van der Waals surface area contributed by atoms with Gasteiger partial charge in [-0.05, 0) is 31.9 Å². The fourth-order valence-corrected chi connectivity index (χ4v) is 6.09. The summed E-state index contributed by atoms with van der Waals surface area (Å²) in [5, 5.41) is 3.17. The van der Waals surface area contributed by atoms with E-state index in [4.69, 9.17) is 0 Å². The Morgan fingerprint density at radius 2 is 1.75 bits per heavy atom. The molecule has 0 radical (unpaired) electrons. The molecule has 9 heteroatoms. The second-order valence-electron chi connectivity index (χ2n) is 7.39. The number of nitrogens with zero attached hydrogens (tertiary/aromatic N) is 5. The Balaban J connectivity index is 1.38. The fraction of sp³-hybridized carbons (Fsp3) is 0.579. The van der Waals surface area contributed by atoms with Gasteiger partial charge in [-0.15, -0.1) is 11.3 Å². The van der Waals surface area contributed by atoms with Gasteiger partial charge in [0, 0.05) is 57.0 Å². The molecular weight excluding hydrogens is 394 g/mol. The van der Waals surface area contributed by atoms with E-state index in [0.717, 1.165) is 56.3 Å². The number of pyridine rings is 1. The van der Waals surface area contributed by atoms with E-state index in [0.29, 0.717) is 24.0 Å². The zero-order valence-corrected chi connectivity index (χ0v) is 17.8. The van der Waals surface area contributed by atoms with Gasteiger partial charge in [-0.2, -0.15) is 4.31 Å². The molecule has 1 atom stereocenters. The third kappa shape index (κ3) is 4.07. The van der Waals surface area contributed by atoms with Crippen LogP contribution in [-0.2, 0) is 10.0 Å². The molecule has 1 unspecified atom stereocenters. The monoisotopic (exact) mass is 421 g/mol. The van der Waals surface area contributed by atoms with E-state index < -0.39 is 10.0 Å². The zero-order valence-electron chi connectivity index (χ0n) is 16.2. The molecule has 0 bridgehead atoms. The Morgan fingerprint density at radius 1 is 1.00 bits per heavy atom. The van der Waals surface area contributed by atoms with Crippen LogP contribution in [0.25, 0.3) is 0 Å². The SMILES string of the molecule is CC(c1nccs1)N1CCN(c2ccc(S(=O)(=O)N3CCCCC3)cn2)CC1. The minimum atomic E-state index is -3.42. The van der Waals surface area contributed by atoms with Crippen LogP contribution < -0.4 is 4.90 Å². The minimum Gasteiger partial charge on any atom is -0.354 e. The van der Waals surface area contributed by atoms with Crippen LogP contribution in [0.15, 0.2) is 34.8 Å². The third-order valence-electron chi connectivity index (χ3n) is 5.67. The molecule has 0 aromatic carbocycles. The van der Waals surface area contributed by atoms with Crippen molar-refractivity contribution in [1.82, 2.24) is 19.2 Å². The Kier molecular flexibility index (Phi) is 5.96. The lowest BCUT2D eigenvalue weighted by molar-refractivity contribution is 0.198. The molecule has 0 saturated carbocycles. The second-order valence-corrected chi connectivity index (χ2v) is 10.3. The van der Waals surface area contributed by atoms with Crippen molar-refractivity contribution in [2.24, 2.45) is 0 Å². The van der Waals surface area contributed by atoms with E-state index in [-0.39, 0.29) is 0 Å². The molecule has 2 fully saturated rings. The Labute approximate surface area is 171 Å². The summed E-state index contributed by atoms with van der Waals surface area (Å²) in [5.74, 6) is 0.846. The van der Waals surface area contributed by atoms with Gasteiger partial charge in [0.2, 0.25) is 10.0 Å². The average Bonchev–Trinajstić information content (AvgIpc) is 3.29. The number of piperazine rings is 1. The van der Waals surface area contributed by atoms with E-state index in [1.807, 2.05) is 17.6 Å². The summed E-state index contributed by atoms with van der Waals surface area (Å²) in [6.45, 7) is 7.06. The first-order valence-electron chi connectivity index (χ1n) is 9.90. The van der Waals surface area contributed by atoms with E-state index >= 15 is 0 Å². The number of hydrogen-bond donors (Lipinski definition) is 0. The lowest BCUT2D eigenvalue weighted by Gasteiger charge is -2.38. The highest BCUT2D eigenvalue weighted by atomic mass is 32.2. The smallest absolute Gasteiger partial charge is 0.244 e. The van der Waals surface area contributed by atoms with Crippen molar-refractivity contribution >= 4 is 27.2 Å². The van der Waals surface area contributed by atoms with Crippen molar-refractivity contribution in [2.75, 3.05) is 44.2 Å². The van der Waals surface area contributed by atoms with Crippen LogP contribution in [0.1, 0.15) is 37.2 Å². The van der Waals surface area contributed by atoms with E-state index in [1.54, 1.807) is 21.7 Å². The van der Waals surface area contributed by atoms with Crippen molar-refractivity contribution in [3.63, 3.8) is 0 Å². The lowest BCUT2D eigenvalue weighted by Crippen LogP contribution is -2.47. The lowest BCUT2D eigenvalue weighted by atomic mass is 10.2. The molecule has 2 aliphatic rings. The molecule has 4 rings (SSSR count). The fourth-order valence-electron chi connectivity index (χ4n) is 3.90. The first-order chi connectivity index (χ1) is 13.6. The molecule has 2 saturated heterocycles. The number of hydrogen-bond acceptors (Lipinski definition) is 7. The van der Waals surface area contributed by atoms with Gasteiger partial charge in [0.15, 0.2) is 0 Å². The Morgan fingerprint density at radius 3 is 2.36 bits per heavy atom. The summed E-state index contributed by atoms with van der Waals surface area (Å²) in [4.78, 5) is 13.9. The summed E-state index contributed by atoms with van der Waals surface area (Å²) >= 11 is 1.70. The molecule has 4 heterocycles. The normalized spacial score (nSPS) is 21.0. The van der Waals surface area contributed by atoms with Crippen LogP contribution in [0.5, 0.6) is 0 Å². The number of aromatic nitrogens is 2. The van der Waals surface area contributed by atoms with Gasteiger partial charge >= 0.3 is 0 Å². The molecule has 0 aliphatic carbocycles. The molecule has 2 aliphatic heterocycles. The maximum absolute atomic E-state index is 12.8. The maximum atomic E-state index is 12.8. The number of piperidine rings is 1. The Hall–Kier alpha value is -1.55. The number of thiazole rings is 1. The van der Waals surface area contributed by atoms with Gasteiger partial charge in [-0.1, -0.05) is 6.42 Å². The predicted molar refractivity (Wildman–Crippen MR) is 111 cm³/mol. The van der Waals surface area contributed by atoms with Gasteiger partial charge in [0.1, 0.15) is 15.7 Å². The molecule has 0 amide bonds. The molecule has 0 N–H and O–H groups in total. The van der Waals surface area contributed by atoms with Gasteiger partial charge in [-0.25, -0.2) is 18.4 Å². The highest BCUT2D eigenvalue weighted by Gasteiger charge is 2.27. The highest BCUT2D eigenvalue weighted by Crippen LogP contribution is 2.25. The van der Waals surface area contributed by atoms with Crippen LogP contribution in [0, 0.1) is 0 Å². The van der Waals surface area contributed by atoms with Crippen molar-refractivity contribution in [1.29, 1.82) is 0 Å². The second kappa shape index (κ2) is 8.44. The predicted octanol–water partition coefficient (Wildman–Crippen LogP) is 2.60. The van der Waals surface area contributed by atoms with Crippen LogP contribution in [0.4, 0.5) is 5.82 Å². The summed E-state index contributed by atoms with van der Waals surface area (Å²) in [7, 11) is -3.42. The highest BCUT2D eigenvalue weighted by molar-refractivity contribution is 7.89. The molecule has 7 nitrogen and oxygen atoms in total. The van der Waals surface area contributed by atoms with Crippen LogP contribution in [0.3, 0.4) is 0 Å². The average molecular weight is 422 g/mol. The van der Waals surface area contributed by atoms with Crippen molar-refractivity contribution in [3.8, 4) is 0 Å². The van der Waals surface area contributed by atoms with Crippen LogP contribution in [0.2, 0.25) is 0 Å². The minimum absolute atomic E-state index is 0.300. The van der Waals surface area contributed by atoms with E-state index in [2.05, 4.69) is 26.7 Å². The molecule has 28 heavy (non-hydrogen) atoms. The van der Waals surface area contributed by atoms with Crippen LogP contribution >= 0.6 is 11.3 Å². The first-order valence-corrected chi connectivity index (χ1v) is 12.2. The standard InChI is InChI=1S/C19H27N5O2S2/c1-16(19-20-7-14-27-19)22-10-12-23(13-11-22)18-6-5-17(15-21-18)28(25,26)24-8-3-2-4-9-24/h5-7,14-16H,2-4,8-13H2,1H3. The molecule has 152 valence electrons. The number of rotatable bonds is 5. The topological polar surface area (TPSA) is 69.6 Å². The van der Waals surface area contributed by atoms with Gasteiger partial charge < -0.3 is 4.90 Å². The van der Waals surface area contributed by atoms with E-state index in [9.17, 15) is 8.42 Å². The van der Waals surface area contributed by atoms with Crippen LogP contribution in [-0.4, -0.2) is 66.9 Å². The van der Waals surface area contributed by atoms with Crippen molar-refractivity contribution in [3.05, 3.63) is 34.9 Å². The van der Waals surface area contributed by atoms with Gasteiger partial charge in [-0.3, -0.25) is 4.90 Å². The summed E-state index contributed by atoms with van der Waals surface area (Å²) in [6, 6.07) is 3.88. The molecular formula is C19H27N5O2S2. The Bertz CT molecular complexity index is 856. The third-order valence-corrected chi connectivity index (χ3v) is 8.50. The number of sulfonamides is 1. The maximum Gasteiger partial charge on any atom is 0.244 e. The van der Waals surface area contributed by atoms with Crippen molar-refractivity contribution < 1.29 is 8.42 Å². The largest absolute Gasteiger partial charge is 0.354 e. The molecule has 2 aromatic rings. The van der Waals surface area contributed by atoms with Gasteiger partial charge in [0.25, 0.3) is 0 Å². The number of anilines is 1. The summed E-state index contributed by atoms with van der Waals surface area (Å²) in [6.07, 6.45) is 6.36. The quantitative estimate of drug-likeness (QED) is 0.739. The first kappa shape index (κ1) is 19.8. The molecule has 0 spiro atoms. The zero-order chi connectivity index (χ0) is 19.6. The van der Waals surface area contributed by atoms with E-state index in [1.165, 1.54) is 6.20 Å². The summed E-state index contributed by atoms with van der Waals surface area (Å²) in [5.41, 5.74) is 0.